The van der Waals surface area contributed by atoms with Crippen LogP contribution >= 0.6 is 0 Å². The quantitative estimate of drug-likeness (QED) is 0.377. The van der Waals surface area contributed by atoms with E-state index in [1.807, 2.05) is 23.1 Å². The SMILES string of the molecule is CC[C@H](Nc1nc(NC2CCN(S(=O)(=O)NCC(F)F)C2)c2ncn(CC)c2n1)[C@@H](C)O. The standard InChI is InChI=1S/C18H30F2N8O3S/c1-4-13(11(3)29)24-18-25-16(15-17(26-18)27(5-2)10-21-15)23-12-6-7-28(9-12)32(30,31)22-8-14(19)20/h10-14,22,29H,4-9H2,1-3H3,(H2,23,24,25,26)/t11-,12?,13+/m1/s1. The first kappa shape index (κ1) is 24.5. The van der Waals surface area contributed by atoms with Crippen molar-refractivity contribution in [1.29, 1.82) is 0 Å². The molecule has 1 unspecified atom stereocenters. The van der Waals surface area contributed by atoms with E-state index in [9.17, 15) is 22.3 Å². The Bertz CT molecular complexity index is 1020. The van der Waals surface area contributed by atoms with Crippen LogP contribution in [0.1, 0.15) is 33.6 Å². The highest BCUT2D eigenvalue weighted by Gasteiger charge is 2.32. The molecule has 3 heterocycles. The van der Waals surface area contributed by atoms with Gasteiger partial charge in [-0.1, -0.05) is 6.92 Å². The van der Waals surface area contributed by atoms with Gasteiger partial charge in [0.25, 0.3) is 16.6 Å². The topological polar surface area (TPSA) is 137 Å². The number of aryl methyl sites for hydroxylation is 1. The first-order chi connectivity index (χ1) is 15.1. The Morgan fingerprint density at radius 1 is 1.31 bits per heavy atom. The van der Waals surface area contributed by atoms with Crippen LogP contribution in [0.15, 0.2) is 6.33 Å². The van der Waals surface area contributed by atoms with E-state index >= 15 is 0 Å². The van der Waals surface area contributed by atoms with E-state index < -0.39 is 29.3 Å². The summed E-state index contributed by atoms with van der Waals surface area (Å²) in [6, 6.07) is -0.527. The second-order valence-electron chi connectivity index (χ2n) is 7.73. The maximum atomic E-state index is 12.4. The molecular formula is C18H30F2N8O3S. The Morgan fingerprint density at radius 2 is 2.06 bits per heavy atom. The third-order valence-electron chi connectivity index (χ3n) is 5.39. The summed E-state index contributed by atoms with van der Waals surface area (Å²) in [5, 5.41) is 16.3. The summed E-state index contributed by atoms with van der Waals surface area (Å²) in [6.45, 7) is 5.60. The smallest absolute Gasteiger partial charge is 0.279 e. The molecule has 4 N–H and O–H groups in total. The average molecular weight is 477 g/mol. The molecule has 1 aliphatic heterocycles. The molecule has 0 aromatic carbocycles. The zero-order chi connectivity index (χ0) is 23.5. The van der Waals surface area contributed by atoms with Gasteiger partial charge in [0.15, 0.2) is 17.0 Å². The van der Waals surface area contributed by atoms with Gasteiger partial charge in [0, 0.05) is 25.7 Å². The predicted molar refractivity (Wildman–Crippen MR) is 117 cm³/mol. The van der Waals surface area contributed by atoms with Gasteiger partial charge < -0.3 is 20.3 Å². The van der Waals surface area contributed by atoms with Crippen molar-refractivity contribution in [3.8, 4) is 0 Å². The third kappa shape index (κ3) is 5.60. The zero-order valence-corrected chi connectivity index (χ0v) is 19.1. The number of alkyl halides is 2. The Balaban J connectivity index is 1.81. The molecule has 0 saturated carbocycles. The number of aliphatic hydroxyl groups is 1. The largest absolute Gasteiger partial charge is 0.391 e. The van der Waals surface area contributed by atoms with E-state index in [2.05, 4.69) is 25.6 Å². The molecule has 3 rings (SSSR count). The van der Waals surface area contributed by atoms with Crippen LogP contribution < -0.4 is 15.4 Å². The summed E-state index contributed by atoms with van der Waals surface area (Å²) >= 11 is 0. The minimum atomic E-state index is -3.99. The average Bonchev–Trinajstić information content (AvgIpc) is 3.37. The summed E-state index contributed by atoms with van der Waals surface area (Å²) in [5.74, 6) is 0.763. The molecule has 1 saturated heterocycles. The van der Waals surface area contributed by atoms with Gasteiger partial charge >= 0.3 is 0 Å². The van der Waals surface area contributed by atoms with Gasteiger partial charge in [-0.2, -0.15) is 27.4 Å². The van der Waals surface area contributed by atoms with Crippen LogP contribution in [0.25, 0.3) is 11.2 Å². The number of aliphatic hydroxyl groups excluding tert-OH is 1. The summed E-state index contributed by atoms with van der Waals surface area (Å²) in [6.07, 6.45) is -0.579. The number of aromatic nitrogens is 4. The molecule has 0 amide bonds. The van der Waals surface area contributed by atoms with E-state index in [4.69, 9.17) is 0 Å². The fourth-order valence-corrected chi connectivity index (χ4v) is 4.83. The highest BCUT2D eigenvalue weighted by atomic mass is 32.2. The number of imidazole rings is 1. The summed E-state index contributed by atoms with van der Waals surface area (Å²) in [7, 11) is -3.99. The number of fused-ring (bicyclic) bond motifs is 1. The van der Waals surface area contributed by atoms with Crippen LogP contribution in [0.3, 0.4) is 0 Å². The van der Waals surface area contributed by atoms with Crippen LogP contribution in [-0.2, 0) is 16.8 Å². The molecule has 14 heteroatoms. The van der Waals surface area contributed by atoms with Crippen LogP contribution in [0, 0.1) is 0 Å². The second-order valence-corrected chi connectivity index (χ2v) is 9.49. The Labute approximate surface area is 185 Å². The van der Waals surface area contributed by atoms with Gasteiger partial charge in [-0.05, 0) is 26.7 Å². The lowest BCUT2D eigenvalue weighted by molar-refractivity contribution is 0.152. The van der Waals surface area contributed by atoms with E-state index in [1.54, 1.807) is 13.3 Å². The van der Waals surface area contributed by atoms with Crippen molar-refractivity contribution < 1.29 is 22.3 Å². The molecule has 11 nitrogen and oxygen atoms in total. The number of rotatable bonds is 11. The van der Waals surface area contributed by atoms with E-state index in [0.29, 0.717) is 42.3 Å². The van der Waals surface area contributed by atoms with Gasteiger partial charge in [0.1, 0.15) is 0 Å². The highest BCUT2D eigenvalue weighted by Crippen LogP contribution is 2.25. The van der Waals surface area contributed by atoms with Crippen LogP contribution in [-0.4, -0.2) is 81.6 Å². The zero-order valence-electron chi connectivity index (χ0n) is 18.3. The number of halogens is 2. The normalized spacial score (nSPS) is 19.5. The highest BCUT2D eigenvalue weighted by molar-refractivity contribution is 7.87. The lowest BCUT2D eigenvalue weighted by atomic mass is 10.1. The minimum Gasteiger partial charge on any atom is -0.391 e. The molecule has 0 aliphatic carbocycles. The molecule has 32 heavy (non-hydrogen) atoms. The molecule has 2 aromatic heterocycles. The molecular weight excluding hydrogens is 446 g/mol. The summed E-state index contributed by atoms with van der Waals surface area (Å²) < 4.78 is 54.2. The fraction of sp³-hybridized carbons (Fsp3) is 0.722. The number of nitrogens with zero attached hydrogens (tertiary/aromatic N) is 5. The first-order valence-corrected chi connectivity index (χ1v) is 12.1. The van der Waals surface area contributed by atoms with Gasteiger partial charge in [-0.25, -0.2) is 13.8 Å². The van der Waals surface area contributed by atoms with Crippen molar-refractivity contribution in [2.45, 2.75) is 64.8 Å². The monoisotopic (exact) mass is 476 g/mol. The van der Waals surface area contributed by atoms with Gasteiger partial charge in [0.05, 0.1) is 25.0 Å². The lowest BCUT2D eigenvalue weighted by Gasteiger charge is -2.21. The van der Waals surface area contributed by atoms with Crippen molar-refractivity contribution in [1.82, 2.24) is 28.5 Å². The van der Waals surface area contributed by atoms with E-state index in [0.717, 1.165) is 4.31 Å². The van der Waals surface area contributed by atoms with Gasteiger partial charge in [-0.3, -0.25) is 0 Å². The van der Waals surface area contributed by atoms with Crippen molar-refractivity contribution in [3.63, 3.8) is 0 Å². The molecule has 0 spiro atoms. The molecule has 0 radical (unpaired) electrons. The molecule has 0 bridgehead atoms. The number of hydrogen-bond donors (Lipinski definition) is 4. The molecule has 1 fully saturated rings. The molecule has 1 aliphatic rings. The maximum Gasteiger partial charge on any atom is 0.279 e. The Morgan fingerprint density at radius 3 is 2.69 bits per heavy atom. The van der Waals surface area contributed by atoms with Gasteiger partial charge in [-0.15, -0.1) is 0 Å². The predicted octanol–water partition coefficient (Wildman–Crippen LogP) is 1.00. The lowest BCUT2D eigenvalue weighted by Crippen LogP contribution is -2.42. The molecule has 180 valence electrons. The Hall–Kier alpha value is -2.16. The van der Waals surface area contributed by atoms with Crippen molar-refractivity contribution in [2.24, 2.45) is 0 Å². The van der Waals surface area contributed by atoms with E-state index in [1.165, 1.54) is 0 Å². The van der Waals surface area contributed by atoms with Crippen LogP contribution in [0.4, 0.5) is 20.5 Å². The summed E-state index contributed by atoms with van der Waals surface area (Å²) in [4.78, 5) is 13.5. The van der Waals surface area contributed by atoms with Crippen molar-refractivity contribution in [2.75, 3.05) is 30.3 Å². The minimum absolute atomic E-state index is 0.104. The van der Waals surface area contributed by atoms with Crippen LogP contribution in [0.5, 0.6) is 0 Å². The number of nitrogens with one attached hydrogen (secondary N) is 3. The van der Waals surface area contributed by atoms with Crippen LogP contribution in [0.2, 0.25) is 0 Å². The second kappa shape index (κ2) is 10.2. The van der Waals surface area contributed by atoms with Gasteiger partial charge in [0.2, 0.25) is 5.95 Å². The third-order valence-corrected chi connectivity index (χ3v) is 6.94. The number of hydrogen-bond acceptors (Lipinski definition) is 8. The van der Waals surface area contributed by atoms with Crippen molar-refractivity contribution >= 4 is 33.1 Å². The maximum absolute atomic E-state index is 12.4. The molecule has 3 atom stereocenters. The van der Waals surface area contributed by atoms with Crippen molar-refractivity contribution in [3.05, 3.63) is 6.33 Å². The van der Waals surface area contributed by atoms with E-state index in [-0.39, 0.29) is 25.2 Å². The first-order valence-electron chi connectivity index (χ1n) is 10.6. The fourth-order valence-electron chi connectivity index (χ4n) is 3.59. The Kier molecular flexibility index (Phi) is 7.79. The molecule has 2 aromatic rings. The number of anilines is 2. The summed E-state index contributed by atoms with van der Waals surface area (Å²) in [5.41, 5.74) is 1.15.